The van der Waals surface area contributed by atoms with Crippen LogP contribution >= 0.6 is 0 Å². The van der Waals surface area contributed by atoms with Crippen molar-refractivity contribution in [1.82, 2.24) is 25.3 Å². The topological polar surface area (TPSA) is 253 Å². The number of aliphatic hydroxyl groups is 1. The molecule has 1 aliphatic rings. The summed E-state index contributed by atoms with van der Waals surface area (Å²) in [5.41, 5.74) is 10.8. The van der Waals surface area contributed by atoms with E-state index >= 15 is 0 Å². The molecule has 2 heterocycles. The molecule has 0 bridgehead atoms. The molecule has 17 heteroatoms. The fourth-order valence-corrected chi connectivity index (χ4v) is 6.49. The fourth-order valence-electron chi connectivity index (χ4n) is 3.82. The Morgan fingerprint density at radius 1 is 1.26 bits per heavy atom. The lowest BCUT2D eigenvalue weighted by Gasteiger charge is -2.34. The molecule has 1 aromatic carbocycles. The average Bonchev–Trinajstić information content (AvgIpc) is 3.30. The Morgan fingerprint density at radius 2 is 1.94 bits per heavy atom. The van der Waals surface area contributed by atoms with Crippen LogP contribution in [0.4, 0.5) is 5.69 Å². The van der Waals surface area contributed by atoms with Crippen LogP contribution < -0.4 is 26.2 Å². The normalized spacial score (nSPS) is 16.5. The quantitative estimate of drug-likeness (QED) is 0.188. The summed E-state index contributed by atoms with van der Waals surface area (Å²) in [4.78, 5) is 11.7. The Balaban J connectivity index is 2.12. The lowest BCUT2D eigenvalue weighted by Crippen LogP contribution is -2.37. The molecule has 1 amide bonds. The van der Waals surface area contributed by atoms with Gasteiger partial charge in [-0.2, -0.15) is 5.21 Å². The molecule has 0 aliphatic carbocycles. The molecule has 0 radical (unpaired) electrons. The van der Waals surface area contributed by atoms with Gasteiger partial charge in [0, 0.05) is 38.3 Å². The van der Waals surface area contributed by atoms with Crippen LogP contribution in [0.25, 0.3) is 11.4 Å². The number of tetrazole rings is 1. The molecule has 1 aliphatic heterocycles. The number of hydrogen-bond donors (Lipinski definition) is 6. The van der Waals surface area contributed by atoms with Crippen molar-refractivity contribution >= 4 is 31.6 Å². The van der Waals surface area contributed by atoms with Crippen LogP contribution in [-0.4, -0.2) is 80.8 Å². The number of aliphatic hydroxyl groups excluding tert-OH is 1. The Kier molecular flexibility index (Phi) is 7.84. The lowest BCUT2D eigenvalue weighted by molar-refractivity contribution is -0.119. The number of anilines is 1. The first-order valence-corrected chi connectivity index (χ1v) is 13.3. The molecule has 2 aromatic rings. The van der Waals surface area contributed by atoms with E-state index in [2.05, 4.69) is 25.3 Å². The molecule has 9 N–H and O–H groups in total. The zero-order valence-electron chi connectivity index (χ0n) is 18.1. The third kappa shape index (κ3) is 5.86. The second kappa shape index (κ2) is 10.3. The number of aromatic amines is 1. The van der Waals surface area contributed by atoms with Crippen molar-refractivity contribution in [3.63, 3.8) is 0 Å². The van der Waals surface area contributed by atoms with Gasteiger partial charge < -0.3 is 21.5 Å². The number of amides is 1. The van der Waals surface area contributed by atoms with Gasteiger partial charge in [-0.3, -0.25) is 4.79 Å². The molecule has 1 fully saturated rings. The Bertz CT molecular complexity index is 1230. The van der Waals surface area contributed by atoms with Gasteiger partial charge in [0.2, 0.25) is 31.8 Å². The summed E-state index contributed by atoms with van der Waals surface area (Å²) in [5.74, 6) is -0.487. The van der Waals surface area contributed by atoms with Crippen LogP contribution in [-0.2, 0) is 24.8 Å². The molecule has 188 valence electrons. The second-order valence-corrected chi connectivity index (χ2v) is 11.1. The van der Waals surface area contributed by atoms with Gasteiger partial charge in [0.15, 0.2) is 0 Å². The predicted octanol–water partition coefficient (Wildman–Crippen LogP) is -2.80. The van der Waals surface area contributed by atoms with Gasteiger partial charge in [-0.05, 0) is 36.1 Å². The van der Waals surface area contributed by atoms with E-state index in [4.69, 9.17) is 16.6 Å². The Morgan fingerprint density at radius 3 is 2.47 bits per heavy atom. The molecule has 1 saturated heterocycles. The number of rotatable bonds is 10. The van der Waals surface area contributed by atoms with Crippen molar-refractivity contribution in [2.45, 2.75) is 35.2 Å². The number of benzene rings is 1. The average molecular weight is 518 g/mol. The van der Waals surface area contributed by atoms with Crippen LogP contribution in [0, 0.1) is 5.92 Å². The SMILES string of the molecule is NCC(O)CNS(=O)(=O)c1ccc(N2CCC(CC(N)=O)CC2)c(-c2nn[nH]n2)c1S(N)(=O)=O. The van der Waals surface area contributed by atoms with Crippen molar-refractivity contribution < 1.29 is 26.7 Å². The molecule has 34 heavy (non-hydrogen) atoms. The summed E-state index contributed by atoms with van der Waals surface area (Å²) >= 11 is 0. The minimum absolute atomic E-state index is 0.0814. The van der Waals surface area contributed by atoms with Gasteiger partial charge in [0.1, 0.15) is 9.79 Å². The van der Waals surface area contributed by atoms with Crippen molar-refractivity contribution in [3.05, 3.63) is 12.1 Å². The van der Waals surface area contributed by atoms with Gasteiger partial charge >= 0.3 is 0 Å². The van der Waals surface area contributed by atoms with E-state index in [9.17, 15) is 26.7 Å². The zero-order chi connectivity index (χ0) is 25.1. The monoisotopic (exact) mass is 517 g/mol. The summed E-state index contributed by atoms with van der Waals surface area (Å²) in [7, 11) is -9.06. The smallest absolute Gasteiger partial charge is 0.242 e. The summed E-state index contributed by atoms with van der Waals surface area (Å²) in [6, 6.07) is 2.55. The standard InChI is InChI=1S/C17H27N9O6S2/c18-8-11(27)9-21-34(31,32)13-2-1-12(26-5-3-10(4-6-26)7-14(19)28)15(16(13)33(20,29)30)17-22-24-25-23-17/h1-2,10-11,21,27H,3-9,18H2,(H2,19,28)(H2,20,29,30)(H,22,23,24,25). The maximum absolute atomic E-state index is 13.0. The highest BCUT2D eigenvalue weighted by atomic mass is 32.2. The second-order valence-electron chi connectivity index (χ2n) is 7.91. The molecule has 0 saturated carbocycles. The number of hydrogen-bond acceptors (Lipinski definition) is 11. The number of carbonyl (C=O) groups is 1. The van der Waals surface area contributed by atoms with Gasteiger partial charge in [0.05, 0.1) is 11.7 Å². The van der Waals surface area contributed by atoms with E-state index in [1.807, 2.05) is 4.90 Å². The molecule has 15 nitrogen and oxygen atoms in total. The third-order valence-electron chi connectivity index (χ3n) is 5.47. The summed E-state index contributed by atoms with van der Waals surface area (Å²) < 4.78 is 53.4. The van der Waals surface area contributed by atoms with Crippen molar-refractivity contribution in [2.75, 3.05) is 31.1 Å². The van der Waals surface area contributed by atoms with Crippen molar-refractivity contribution in [1.29, 1.82) is 0 Å². The largest absolute Gasteiger partial charge is 0.390 e. The highest BCUT2D eigenvalue weighted by molar-refractivity contribution is 7.92. The van der Waals surface area contributed by atoms with Crippen molar-refractivity contribution in [3.8, 4) is 11.4 Å². The van der Waals surface area contributed by atoms with E-state index in [1.165, 1.54) is 6.07 Å². The van der Waals surface area contributed by atoms with E-state index < -0.39 is 48.4 Å². The van der Waals surface area contributed by atoms with Crippen LogP contribution in [0.15, 0.2) is 21.9 Å². The molecule has 1 unspecified atom stereocenters. The van der Waals surface area contributed by atoms with Crippen molar-refractivity contribution in [2.24, 2.45) is 22.5 Å². The number of primary amides is 1. The summed E-state index contributed by atoms with van der Waals surface area (Å²) in [5, 5.41) is 28.5. The minimum atomic E-state index is -4.62. The number of nitrogens with zero attached hydrogens (tertiary/aromatic N) is 4. The number of nitrogens with one attached hydrogen (secondary N) is 2. The van der Waals surface area contributed by atoms with Crippen LogP contribution in [0.5, 0.6) is 0 Å². The van der Waals surface area contributed by atoms with Crippen LogP contribution in [0.1, 0.15) is 19.3 Å². The molecule has 0 spiro atoms. The highest BCUT2D eigenvalue weighted by Crippen LogP contribution is 2.39. The first kappa shape index (κ1) is 25.9. The number of primary sulfonamides is 1. The number of sulfonamides is 2. The van der Waals surface area contributed by atoms with E-state index in [0.717, 1.165) is 6.07 Å². The number of nitrogens with two attached hydrogens (primary N) is 3. The Labute approximate surface area is 196 Å². The number of H-pyrrole nitrogens is 1. The number of carbonyl (C=O) groups excluding carboxylic acids is 1. The fraction of sp³-hybridized carbons (Fsp3) is 0.529. The van der Waals surface area contributed by atoms with Gasteiger partial charge in [-0.15, -0.1) is 10.2 Å². The molecule has 1 aromatic heterocycles. The third-order valence-corrected chi connectivity index (χ3v) is 8.06. The van der Waals surface area contributed by atoms with E-state index in [0.29, 0.717) is 31.6 Å². The summed E-state index contributed by atoms with van der Waals surface area (Å²) in [6.45, 7) is 0.249. The van der Waals surface area contributed by atoms with Crippen LogP contribution in [0.2, 0.25) is 0 Å². The first-order valence-electron chi connectivity index (χ1n) is 10.3. The predicted molar refractivity (Wildman–Crippen MR) is 120 cm³/mol. The minimum Gasteiger partial charge on any atom is -0.390 e. The number of piperidine rings is 1. The maximum Gasteiger partial charge on any atom is 0.242 e. The van der Waals surface area contributed by atoms with Crippen LogP contribution in [0.3, 0.4) is 0 Å². The molecular formula is C17H27N9O6S2. The number of aromatic nitrogens is 4. The first-order chi connectivity index (χ1) is 15.9. The molecular weight excluding hydrogens is 490 g/mol. The van der Waals surface area contributed by atoms with Gasteiger partial charge in [-0.1, -0.05) is 0 Å². The Hall–Kier alpha value is -2.70. The van der Waals surface area contributed by atoms with Gasteiger partial charge in [0.25, 0.3) is 0 Å². The van der Waals surface area contributed by atoms with E-state index in [-0.39, 0.29) is 30.3 Å². The lowest BCUT2D eigenvalue weighted by atomic mass is 9.92. The van der Waals surface area contributed by atoms with Gasteiger partial charge in [-0.25, -0.2) is 26.7 Å². The highest BCUT2D eigenvalue weighted by Gasteiger charge is 2.34. The van der Waals surface area contributed by atoms with E-state index in [1.54, 1.807) is 0 Å². The molecule has 3 rings (SSSR count). The summed E-state index contributed by atoms with van der Waals surface area (Å²) in [6.07, 6.45) is 0.284. The maximum atomic E-state index is 13.0. The molecule has 1 atom stereocenters. The zero-order valence-corrected chi connectivity index (χ0v) is 19.7.